The van der Waals surface area contributed by atoms with E-state index in [0.29, 0.717) is 13.1 Å². The van der Waals surface area contributed by atoms with Crippen LogP contribution in [0.5, 0.6) is 0 Å². The van der Waals surface area contributed by atoms with Crippen molar-refractivity contribution in [2.24, 2.45) is 0 Å². The highest BCUT2D eigenvalue weighted by molar-refractivity contribution is 9.10. The maximum absolute atomic E-state index is 11.9. The van der Waals surface area contributed by atoms with E-state index >= 15 is 0 Å². The van der Waals surface area contributed by atoms with Crippen molar-refractivity contribution in [3.05, 3.63) is 70.2 Å². The van der Waals surface area contributed by atoms with E-state index in [1.54, 1.807) is 0 Å². The Hall–Kier alpha value is -1.65. The number of rotatable bonds is 6. The van der Waals surface area contributed by atoms with Gasteiger partial charge in [-0.15, -0.1) is 0 Å². The SMILES string of the molecule is C[C@H](NCC(=O)NCc1ccccc1)c1ccccc1Br. The standard InChI is InChI=1S/C17H19BrN2O/c1-13(15-9-5-6-10-16(15)18)19-12-17(21)20-11-14-7-3-2-4-8-14/h2-10,13,19H,11-12H2,1H3,(H,20,21)/t13-/m0/s1. The van der Waals surface area contributed by atoms with Crippen LogP contribution in [0.2, 0.25) is 0 Å². The fourth-order valence-electron chi connectivity index (χ4n) is 2.04. The molecule has 0 radical (unpaired) electrons. The summed E-state index contributed by atoms with van der Waals surface area (Å²) in [6.45, 7) is 2.91. The predicted molar refractivity (Wildman–Crippen MR) is 88.8 cm³/mol. The number of benzene rings is 2. The quantitative estimate of drug-likeness (QED) is 0.841. The minimum Gasteiger partial charge on any atom is -0.351 e. The number of halogens is 1. The average Bonchev–Trinajstić information content (AvgIpc) is 2.52. The predicted octanol–water partition coefficient (Wildman–Crippen LogP) is 3.42. The van der Waals surface area contributed by atoms with Crippen molar-refractivity contribution >= 4 is 21.8 Å². The Labute approximate surface area is 133 Å². The van der Waals surface area contributed by atoms with Crippen LogP contribution >= 0.6 is 15.9 Å². The fraction of sp³-hybridized carbons (Fsp3) is 0.235. The first-order valence-corrected chi connectivity index (χ1v) is 7.74. The molecule has 4 heteroatoms. The van der Waals surface area contributed by atoms with E-state index in [-0.39, 0.29) is 11.9 Å². The highest BCUT2D eigenvalue weighted by Gasteiger charge is 2.09. The van der Waals surface area contributed by atoms with Crippen LogP contribution in [-0.2, 0) is 11.3 Å². The number of hydrogen-bond acceptors (Lipinski definition) is 2. The van der Waals surface area contributed by atoms with Gasteiger partial charge in [0.25, 0.3) is 0 Å². The van der Waals surface area contributed by atoms with Crippen LogP contribution in [0.15, 0.2) is 59.1 Å². The number of hydrogen-bond donors (Lipinski definition) is 2. The Morgan fingerprint density at radius 1 is 1.10 bits per heavy atom. The maximum Gasteiger partial charge on any atom is 0.234 e. The van der Waals surface area contributed by atoms with Gasteiger partial charge in [-0.3, -0.25) is 4.79 Å². The second kappa shape index (κ2) is 7.96. The molecule has 3 nitrogen and oxygen atoms in total. The summed E-state index contributed by atoms with van der Waals surface area (Å²) in [4.78, 5) is 11.9. The van der Waals surface area contributed by atoms with E-state index in [9.17, 15) is 4.79 Å². The van der Waals surface area contributed by atoms with Crippen molar-refractivity contribution in [1.29, 1.82) is 0 Å². The van der Waals surface area contributed by atoms with Gasteiger partial charge in [-0.2, -0.15) is 0 Å². The molecule has 21 heavy (non-hydrogen) atoms. The number of carbonyl (C=O) groups is 1. The summed E-state index contributed by atoms with van der Waals surface area (Å²) in [6.07, 6.45) is 0. The number of nitrogens with one attached hydrogen (secondary N) is 2. The van der Waals surface area contributed by atoms with Gasteiger partial charge in [0.2, 0.25) is 5.91 Å². The third-order valence-corrected chi connectivity index (χ3v) is 4.00. The molecule has 0 fully saturated rings. The lowest BCUT2D eigenvalue weighted by molar-refractivity contribution is -0.120. The van der Waals surface area contributed by atoms with Gasteiger partial charge in [0, 0.05) is 17.1 Å². The zero-order chi connectivity index (χ0) is 15.1. The van der Waals surface area contributed by atoms with Gasteiger partial charge in [-0.05, 0) is 24.1 Å². The van der Waals surface area contributed by atoms with Crippen molar-refractivity contribution in [2.45, 2.75) is 19.5 Å². The molecule has 0 aliphatic carbocycles. The third kappa shape index (κ3) is 4.99. The summed E-state index contributed by atoms with van der Waals surface area (Å²) in [5, 5.41) is 6.14. The van der Waals surface area contributed by atoms with Crippen molar-refractivity contribution < 1.29 is 4.79 Å². The fourth-order valence-corrected chi connectivity index (χ4v) is 2.67. The van der Waals surface area contributed by atoms with Crippen LogP contribution in [0.3, 0.4) is 0 Å². The first-order valence-electron chi connectivity index (χ1n) is 6.95. The van der Waals surface area contributed by atoms with Crippen LogP contribution in [0.4, 0.5) is 0 Å². The minimum absolute atomic E-state index is 0.00208. The van der Waals surface area contributed by atoms with Gasteiger partial charge < -0.3 is 10.6 Å². The smallest absolute Gasteiger partial charge is 0.234 e. The molecular weight excluding hydrogens is 328 g/mol. The second-order valence-electron chi connectivity index (χ2n) is 4.89. The zero-order valence-corrected chi connectivity index (χ0v) is 13.6. The molecule has 2 aromatic carbocycles. The van der Waals surface area contributed by atoms with Gasteiger partial charge in [0.05, 0.1) is 6.54 Å². The Kier molecular flexibility index (Phi) is 5.96. The van der Waals surface area contributed by atoms with E-state index in [4.69, 9.17) is 0 Å². The van der Waals surface area contributed by atoms with Crippen molar-refractivity contribution in [1.82, 2.24) is 10.6 Å². The summed E-state index contributed by atoms with van der Waals surface area (Å²) in [6, 6.07) is 18.0. The molecule has 0 unspecified atom stereocenters. The average molecular weight is 347 g/mol. The van der Waals surface area contributed by atoms with Crippen molar-refractivity contribution in [2.75, 3.05) is 6.54 Å². The van der Waals surface area contributed by atoms with E-state index in [0.717, 1.165) is 15.6 Å². The molecule has 0 saturated carbocycles. The van der Waals surface area contributed by atoms with Gasteiger partial charge in [-0.1, -0.05) is 64.5 Å². The summed E-state index contributed by atoms with van der Waals surface area (Å²) < 4.78 is 1.05. The van der Waals surface area contributed by atoms with Crippen LogP contribution in [-0.4, -0.2) is 12.5 Å². The van der Waals surface area contributed by atoms with Crippen LogP contribution < -0.4 is 10.6 Å². The van der Waals surface area contributed by atoms with Gasteiger partial charge in [0.15, 0.2) is 0 Å². The highest BCUT2D eigenvalue weighted by atomic mass is 79.9. The van der Waals surface area contributed by atoms with Gasteiger partial charge >= 0.3 is 0 Å². The number of carbonyl (C=O) groups excluding carboxylic acids is 1. The molecule has 1 amide bonds. The van der Waals surface area contributed by atoms with Crippen LogP contribution in [0, 0.1) is 0 Å². The first-order chi connectivity index (χ1) is 10.2. The molecule has 0 aliphatic heterocycles. The molecule has 0 aliphatic rings. The summed E-state index contributed by atoms with van der Waals surface area (Å²) >= 11 is 3.52. The summed E-state index contributed by atoms with van der Waals surface area (Å²) in [5.41, 5.74) is 2.25. The minimum atomic E-state index is -0.00208. The molecule has 0 bridgehead atoms. The summed E-state index contributed by atoms with van der Waals surface area (Å²) in [5.74, 6) is -0.00208. The highest BCUT2D eigenvalue weighted by Crippen LogP contribution is 2.22. The van der Waals surface area contributed by atoms with Crippen molar-refractivity contribution in [3.63, 3.8) is 0 Å². The van der Waals surface area contributed by atoms with E-state index in [2.05, 4.69) is 26.6 Å². The lowest BCUT2D eigenvalue weighted by atomic mass is 10.1. The molecule has 110 valence electrons. The molecule has 1 atom stereocenters. The monoisotopic (exact) mass is 346 g/mol. The maximum atomic E-state index is 11.9. The Balaban J connectivity index is 1.77. The van der Waals surface area contributed by atoms with Crippen molar-refractivity contribution in [3.8, 4) is 0 Å². The Morgan fingerprint density at radius 3 is 2.48 bits per heavy atom. The molecular formula is C17H19BrN2O. The van der Waals surface area contributed by atoms with E-state index in [1.807, 2.05) is 61.5 Å². The molecule has 0 heterocycles. The molecule has 2 N–H and O–H groups in total. The Bertz CT molecular complexity index is 586. The summed E-state index contributed by atoms with van der Waals surface area (Å²) in [7, 11) is 0. The normalized spacial score (nSPS) is 11.9. The molecule has 0 aromatic heterocycles. The topological polar surface area (TPSA) is 41.1 Å². The molecule has 2 aromatic rings. The molecule has 2 rings (SSSR count). The lowest BCUT2D eigenvalue weighted by Crippen LogP contribution is -2.34. The zero-order valence-electron chi connectivity index (χ0n) is 12.0. The third-order valence-electron chi connectivity index (χ3n) is 3.27. The van der Waals surface area contributed by atoms with E-state index < -0.39 is 0 Å². The Morgan fingerprint density at radius 2 is 1.76 bits per heavy atom. The van der Waals surface area contributed by atoms with Crippen LogP contribution in [0.25, 0.3) is 0 Å². The second-order valence-corrected chi connectivity index (χ2v) is 5.74. The van der Waals surface area contributed by atoms with E-state index in [1.165, 1.54) is 0 Å². The van der Waals surface area contributed by atoms with Crippen LogP contribution in [0.1, 0.15) is 24.1 Å². The first kappa shape index (κ1) is 15.7. The lowest BCUT2D eigenvalue weighted by Gasteiger charge is -2.15. The largest absolute Gasteiger partial charge is 0.351 e. The van der Waals surface area contributed by atoms with Gasteiger partial charge in [-0.25, -0.2) is 0 Å². The number of amides is 1. The molecule has 0 saturated heterocycles. The molecule has 0 spiro atoms. The van der Waals surface area contributed by atoms with Gasteiger partial charge in [0.1, 0.15) is 0 Å².